The third-order valence-corrected chi connectivity index (χ3v) is 9.31. The van der Waals surface area contributed by atoms with Crippen LogP contribution in [-0.4, -0.2) is 83.3 Å². The molecule has 250 valence electrons. The quantitative estimate of drug-likeness (QED) is 0.276. The molecule has 3 N–H and O–H groups in total. The molecule has 1 aromatic heterocycles. The lowest BCUT2D eigenvalue weighted by molar-refractivity contribution is -0.138. The van der Waals surface area contributed by atoms with Crippen molar-refractivity contribution in [2.75, 3.05) is 26.7 Å². The van der Waals surface area contributed by atoms with E-state index < -0.39 is 6.04 Å². The molecule has 3 atom stereocenters. The molecule has 0 aliphatic carbocycles. The normalized spacial score (nSPS) is 20.4. The Morgan fingerprint density at radius 1 is 0.938 bits per heavy atom. The number of carbonyl (C=O) groups excluding carboxylic acids is 4. The maximum absolute atomic E-state index is 14.3. The molecule has 10 heteroatoms. The van der Waals surface area contributed by atoms with Crippen molar-refractivity contribution in [2.24, 2.45) is 0 Å². The van der Waals surface area contributed by atoms with Gasteiger partial charge in [0.15, 0.2) is 0 Å². The first-order chi connectivity index (χ1) is 23.3. The minimum atomic E-state index is -0.733. The number of aromatic nitrogens is 1. The van der Waals surface area contributed by atoms with Gasteiger partial charge in [0, 0.05) is 55.3 Å². The fourth-order valence-corrected chi connectivity index (χ4v) is 6.74. The van der Waals surface area contributed by atoms with Gasteiger partial charge in [-0.1, -0.05) is 54.6 Å². The summed E-state index contributed by atoms with van der Waals surface area (Å²) in [5.41, 5.74) is 3.48. The molecular weight excluding hydrogens is 606 g/mol. The number of nitrogens with one attached hydrogen (secondary N) is 3. The second-order valence-electron chi connectivity index (χ2n) is 12.8. The molecule has 4 aromatic rings. The first-order valence-electron chi connectivity index (χ1n) is 16.8. The SMILES string of the molecule is CN1CCCC[C@H](NC(=O)CCc2ccccc2)C(=O)N2C[C@@H](NC(=O)Cc3c[nH]c4ccccc34)C[C@H]2COc2cccc(c2)C1=O. The Balaban J connectivity index is 1.19. The van der Waals surface area contributed by atoms with Crippen molar-refractivity contribution in [1.29, 1.82) is 0 Å². The van der Waals surface area contributed by atoms with Gasteiger partial charge < -0.3 is 30.2 Å². The number of benzene rings is 3. The van der Waals surface area contributed by atoms with Gasteiger partial charge in [-0.05, 0) is 67.5 Å². The average molecular weight is 650 g/mol. The molecule has 48 heavy (non-hydrogen) atoms. The first-order valence-corrected chi connectivity index (χ1v) is 16.8. The summed E-state index contributed by atoms with van der Waals surface area (Å²) in [4.78, 5) is 60.5. The van der Waals surface area contributed by atoms with E-state index in [9.17, 15) is 19.2 Å². The van der Waals surface area contributed by atoms with Crippen molar-refractivity contribution in [3.8, 4) is 5.75 Å². The zero-order valence-electron chi connectivity index (χ0n) is 27.3. The highest BCUT2D eigenvalue weighted by Crippen LogP contribution is 2.24. The Morgan fingerprint density at radius 2 is 1.75 bits per heavy atom. The molecule has 0 spiro atoms. The molecule has 3 aromatic carbocycles. The number of carbonyl (C=O) groups is 4. The number of hydrogen-bond acceptors (Lipinski definition) is 5. The Kier molecular flexibility index (Phi) is 10.4. The van der Waals surface area contributed by atoms with Crippen LogP contribution in [0, 0.1) is 0 Å². The molecule has 0 unspecified atom stereocenters. The van der Waals surface area contributed by atoms with Gasteiger partial charge in [-0.3, -0.25) is 19.2 Å². The standard InChI is InChI=1S/C38H43N5O5/c1-42-19-8-7-16-34(41-35(44)18-17-26-10-3-2-4-11-26)38(47)43-24-29(22-30(43)25-48-31-13-9-12-27(20-31)37(42)46)40-36(45)21-28-23-39-33-15-6-5-14-32(28)33/h2-6,9-15,20,23,29-30,34,39H,7-8,16-19,21-22,24-25H2,1H3,(H,40,45)(H,41,44)/t29-,30-,34-/m0/s1. The number of aromatic amines is 1. The molecule has 6 rings (SSSR count). The van der Waals surface area contributed by atoms with E-state index >= 15 is 0 Å². The van der Waals surface area contributed by atoms with Crippen LogP contribution in [0.1, 0.15) is 53.6 Å². The molecule has 2 aliphatic heterocycles. The molecule has 0 saturated carbocycles. The minimum absolute atomic E-state index is 0.0994. The van der Waals surface area contributed by atoms with E-state index in [1.54, 1.807) is 41.1 Å². The predicted octanol–water partition coefficient (Wildman–Crippen LogP) is 4.25. The van der Waals surface area contributed by atoms with Gasteiger partial charge in [-0.15, -0.1) is 0 Å². The molecule has 4 amide bonds. The predicted molar refractivity (Wildman–Crippen MR) is 183 cm³/mol. The summed E-state index contributed by atoms with van der Waals surface area (Å²) in [6, 6.07) is 23.4. The average Bonchev–Trinajstić information content (AvgIpc) is 3.70. The van der Waals surface area contributed by atoms with Crippen molar-refractivity contribution in [2.45, 2.75) is 63.1 Å². The molecule has 1 saturated heterocycles. The molecule has 1 fully saturated rings. The second kappa shape index (κ2) is 15.2. The van der Waals surface area contributed by atoms with Crippen molar-refractivity contribution in [1.82, 2.24) is 25.4 Å². The van der Waals surface area contributed by atoms with Crippen molar-refractivity contribution in [3.63, 3.8) is 0 Å². The van der Waals surface area contributed by atoms with Crippen LogP contribution in [0.15, 0.2) is 85.1 Å². The lowest BCUT2D eigenvalue weighted by Gasteiger charge is -2.29. The van der Waals surface area contributed by atoms with Crippen LogP contribution >= 0.6 is 0 Å². The maximum atomic E-state index is 14.3. The molecule has 2 bridgehead atoms. The Morgan fingerprint density at radius 3 is 2.60 bits per heavy atom. The molecule has 2 aliphatic rings. The number of nitrogens with zero attached hydrogens (tertiary/aromatic N) is 2. The van der Waals surface area contributed by atoms with Gasteiger partial charge in [-0.2, -0.15) is 0 Å². The highest BCUT2D eigenvalue weighted by Gasteiger charge is 2.39. The molecule has 0 radical (unpaired) electrons. The van der Waals surface area contributed by atoms with Crippen LogP contribution in [-0.2, 0) is 27.2 Å². The first kappa shape index (κ1) is 32.8. The summed E-state index contributed by atoms with van der Waals surface area (Å²) in [5.74, 6) is -0.0548. The summed E-state index contributed by atoms with van der Waals surface area (Å²) in [6.45, 7) is 1.01. The summed E-state index contributed by atoms with van der Waals surface area (Å²) in [6.07, 6.45) is 5.18. The number of para-hydroxylation sites is 1. The number of amides is 4. The van der Waals surface area contributed by atoms with E-state index in [-0.39, 0.29) is 55.2 Å². The minimum Gasteiger partial charge on any atom is -0.491 e. The fraction of sp³-hybridized carbons (Fsp3) is 0.368. The fourth-order valence-electron chi connectivity index (χ4n) is 6.74. The smallest absolute Gasteiger partial charge is 0.253 e. The number of aryl methyl sites for hydroxylation is 1. The lowest BCUT2D eigenvalue weighted by Crippen LogP contribution is -2.51. The van der Waals surface area contributed by atoms with Crippen LogP contribution in [0.2, 0.25) is 0 Å². The summed E-state index contributed by atoms with van der Waals surface area (Å²) in [5, 5.41) is 7.19. The van der Waals surface area contributed by atoms with E-state index in [0.29, 0.717) is 56.5 Å². The van der Waals surface area contributed by atoms with Gasteiger partial charge in [0.2, 0.25) is 17.7 Å². The van der Waals surface area contributed by atoms with E-state index in [1.165, 1.54) is 0 Å². The number of rotatable bonds is 7. The van der Waals surface area contributed by atoms with Crippen LogP contribution in [0.3, 0.4) is 0 Å². The lowest BCUT2D eigenvalue weighted by atomic mass is 10.1. The van der Waals surface area contributed by atoms with Crippen LogP contribution in [0.25, 0.3) is 10.9 Å². The summed E-state index contributed by atoms with van der Waals surface area (Å²) < 4.78 is 6.19. The number of fused-ring (bicyclic) bond motifs is 4. The third-order valence-electron chi connectivity index (χ3n) is 9.31. The van der Waals surface area contributed by atoms with Gasteiger partial charge in [0.05, 0.1) is 12.5 Å². The molecule has 3 heterocycles. The zero-order chi connectivity index (χ0) is 33.5. The van der Waals surface area contributed by atoms with E-state index in [2.05, 4.69) is 15.6 Å². The molecule has 10 nitrogen and oxygen atoms in total. The van der Waals surface area contributed by atoms with E-state index in [1.807, 2.05) is 60.8 Å². The largest absolute Gasteiger partial charge is 0.491 e. The number of hydrogen-bond donors (Lipinski definition) is 3. The van der Waals surface area contributed by atoms with Crippen LogP contribution in [0.5, 0.6) is 5.75 Å². The highest BCUT2D eigenvalue weighted by atomic mass is 16.5. The van der Waals surface area contributed by atoms with Gasteiger partial charge in [-0.25, -0.2) is 0 Å². The van der Waals surface area contributed by atoms with Crippen LogP contribution < -0.4 is 15.4 Å². The van der Waals surface area contributed by atoms with Gasteiger partial charge in [0.1, 0.15) is 18.4 Å². The number of H-pyrrole nitrogens is 1. The second-order valence-corrected chi connectivity index (χ2v) is 12.8. The van der Waals surface area contributed by atoms with Crippen molar-refractivity contribution in [3.05, 3.63) is 102 Å². The summed E-state index contributed by atoms with van der Waals surface area (Å²) in [7, 11) is 1.77. The maximum Gasteiger partial charge on any atom is 0.253 e. The van der Waals surface area contributed by atoms with E-state index in [4.69, 9.17) is 4.74 Å². The zero-order valence-corrected chi connectivity index (χ0v) is 27.3. The number of ether oxygens (including phenoxy) is 1. The van der Waals surface area contributed by atoms with E-state index in [0.717, 1.165) is 22.0 Å². The Labute approximate surface area is 280 Å². The van der Waals surface area contributed by atoms with Crippen LogP contribution in [0.4, 0.5) is 0 Å². The third kappa shape index (κ3) is 8.05. The van der Waals surface area contributed by atoms with Crippen molar-refractivity contribution < 1.29 is 23.9 Å². The van der Waals surface area contributed by atoms with Gasteiger partial charge >= 0.3 is 0 Å². The monoisotopic (exact) mass is 649 g/mol. The molecular formula is C38H43N5O5. The van der Waals surface area contributed by atoms with Gasteiger partial charge in [0.25, 0.3) is 5.91 Å². The Hall–Kier alpha value is -5.12. The topological polar surface area (TPSA) is 124 Å². The highest BCUT2D eigenvalue weighted by molar-refractivity contribution is 5.94. The summed E-state index contributed by atoms with van der Waals surface area (Å²) >= 11 is 0. The van der Waals surface area contributed by atoms with Crippen molar-refractivity contribution >= 4 is 34.5 Å². The Bertz CT molecular complexity index is 1750.